The molecule has 0 bridgehead atoms. The van der Waals surface area contributed by atoms with Crippen LogP contribution in [0.4, 0.5) is 0 Å². The fraction of sp³-hybridized carbons (Fsp3) is 0. The van der Waals surface area contributed by atoms with E-state index in [4.69, 9.17) is 9.88 Å². The summed E-state index contributed by atoms with van der Waals surface area (Å²) >= 11 is 0. The monoisotopic (exact) mass is 138 g/mol. The highest BCUT2D eigenvalue weighted by Crippen LogP contribution is 1.24. The molecule has 0 atom stereocenters. The van der Waals surface area contributed by atoms with Crippen LogP contribution in [0.15, 0.2) is 0 Å². The summed E-state index contributed by atoms with van der Waals surface area (Å²) in [4.78, 5) is 0. The molecule has 0 N–H and O–H groups in total. The molecule has 0 rings (SSSR count). The van der Waals surface area contributed by atoms with Crippen LogP contribution in [-0.4, -0.2) is 46.0 Å². The molecule has 0 spiro atoms. The Balaban J connectivity index is 4.85. The smallest absolute Gasteiger partial charge is 0.00464 e. The molecule has 0 aromatic rings. The van der Waals surface area contributed by atoms with E-state index in [9.17, 15) is 0 Å². The van der Waals surface area contributed by atoms with Crippen molar-refractivity contribution in [2.75, 3.05) is 0 Å². The molecule has 0 aliphatic carbocycles. The zero-order chi connectivity index (χ0) is 10.2. The normalized spacial score (nSPS) is 50.0. The van der Waals surface area contributed by atoms with E-state index in [0.717, 1.165) is 0 Å². The lowest BCUT2D eigenvalue weighted by molar-refractivity contribution is 4.14. The first-order valence-corrected chi connectivity index (χ1v) is 7.68. The van der Waals surface area contributed by atoms with Crippen LogP contribution < -0.4 is 0 Å². The Morgan fingerprint density at radius 2 is 3.00 bits per heavy atom. The molecular formula is H10Si4. The highest BCUT2D eigenvalue weighted by atomic mass is 29.7. The fourth-order valence-corrected chi connectivity index (χ4v) is 0. The third-order valence-corrected chi connectivity index (χ3v) is 7.16. The SMILES string of the molecule is [3H][SiH2][Si]([3H])([3H])[Si]([3H])([3H])[Si]([3H])([3H])[3H]. The van der Waals surface area contributed by atoms with Gasteiger partial charge in [-0.05, 0) is 36.1 Å². The van der Waals surface area contributed by atoms with E-state index in [0.29, 0.717) is 0 Å². The summed E-state index contributed by atoms with van der Waals surface area (Å²) in [5, 5.41) is 0. The van der Waals surface area contributed by atoms with E-state index >= 15 is 0 Å². The van der Waals surface area contributed by atoms with Crippen LogP contribution in [0.1, 0.15) is 0 Å². The lowest BCUT2D eigenvalue weighted by atomic mass is 26.5. The van der Waals surface area contributed by atoms with Crippen molar-refractivity contribution in [1.29, 1.82) is 9.88 Å². The minimum atomic E-state index is -4.22. The summed E-state index contributed by atoms with van der Waals surface area (Å²) < 4.78 is 57.0. The van der Waals surface area contributed by atoms with Crippen molar-refractivity contribution in [3.63, 3.8) is 0 Å². The standard InChI is InChI=1S/H10Si4/c1-3-4-2/h3-4H2,1-2H3/i1T,2T3,3T2,4T2. The molecule has 4 heavy (non-hydrogen) atoms. The first-order valence-electron chi connectivity index (χ1n) is 5.06. The van der Waals surface area contributed by atoms with Crippen molar-refractivity contribution in [1.82, 2.24) is 0 Å². The van der Waals surface area contributed by atoms with Crippen LogP contribution in [0, 0.1) is 0 Å². The second-order valence-electron chi connectivity index (χ2n) is 0.302. The molecule has 26 valence electrons. The van der Waals surface area contributed by atoms with E-state index in [2.05, 4.69) is 0 Å². The lowest BCUT2D eigenvalue weighted by Crippen LogP contribution is -2.00. The summed E-state index contributed by atoms with van der Waals surface area (Å²) in [6.45, 7) is 0. The Labute approximate surface area is 47.0 Å². The van der Waals surface area contributed by atoms with Crippen molar-refractivity contribution in [2.24, 2.45) is 0 Å². The van der Waals surface area contributed by atoms with Gasteiger partial charge in [-0.2, -0.15) is 0 Å². The first kappa shape index (κ1) is 0.517. The maximum atomic E-state index is 7.29. The van der Waals surface area contributed by atoms with Crippen molar-refractivity contribution in [3.05, 3.63) is 0 Å². The second-order valence-corrected chi connectivity index (χ2v) is 8.15. The number of hydrogen-bond acceptors (Lipinski definition) is 0. The summed E-state index contributed by atoms with van der Waals surface area (Å²) in [6, 6.07) is 0. The Bertz CT molecular complexity index is 155. The predicted octanol–water partition coefficient (Wildman–Crippen LogP) is -4.20. The summed E-state index contributed by atoms with van der Waals surface area (Å²) in [5.74, 6) is 0. The topological polar surface area (TPSA) is 0 Å². The largest absolute Gasteiger partial charge is 0.0120 e. The van der Waals surface area contributed by atoms with Crippen LogP contribution >= 0.6 is 0 Å². The second kappa shape index (κ2) is 3.87. The third-order valence-electron chi connectivity index (χ3n) is 0.0884. The highest BCUT2D eigenvalue weighted by Gasteiger charge is 1.61. The predicted molar refractivity (Wildman–Crippen MR) is 37.0 cm³/mol. The van der Waals surface area contributed by atoms with Gasteiger partial charge < -0.3 is 0 Å². The van der Waals surface area contributed by atoms with E-state index < -0.39 is 36.1 Å². The van der Waals surface area contributed by atoms with E-state index in [-0.39, 0.29) is 0 Å². The van der Waals surface area contributed by atoms with Crippen LogP contribution in [-0.2, 0) is 0 Å². The van der Waals surface area contributed by atoms with E-state index in [1.165, 1.54) is 0 Å². The van der Waals surface area contributed by atoms with E-state index in [1.54, 1.807) is 0 Å². The fourth-order valence-electron chi connectivity index (χ4n) is 0. The van der Waals surface area contributed by atoms with Gasteiger partial charge >= 0.3 is 0 Å². The molecule has 0 fully saturated rings. The average molecular weight is 138 g/mol. The molecule has 0 radical (unpaired) electrons. The molecule has 0 aliphatic heterocycles. The first-order chi connectivity index (χ1) is 5.06. The zero-order valence-corrected chi connectivity index (χ0v) is 6.62. The molecule has 0 aromatic heterocycles. The van der Waals surface area contributed by atoms with Gasteiger partial charge in [-0.1, -0.05) is 0 Å². The van der Waals surface area contributed by atoms with Crippen molar-refractivity contribution in [2.45, 2.75) is 0 Å². The van der Waals surface area contributed by atoms with Gasteiger partial charge in [0.05, 0.1) is 0 Å². The molecule has 0 saturated carbocycles. The van der Waals surface area contributed by atoms with Gasteiger partial charge in [0.25, 0.3) is 0 Å². The van der Waals surface area contributed by atoms with E-state index in [1.807, 2.05) is 0 Å². The molecule has 0 saturated heterocycles. The highest BCUT2D eigenvalue weighted by molar-refractivity contribution is 7.37. The maximum Gasteiger partial charge on any atom is 0.00464 e. The maximum absolute atomic E-state index is 7.29. The summed E-state index contributed by atoms with van der Waals surface area (Å²) in [6.07, 6.45) is 0. The Kier molecular flexibility index (Phi) is 0.500. The molecule has 0 nitrogen and oxygen atoms in total. The van der Waals surface area contributed by atoms with Crippen molar-refractivity contribution < 1.29 is 0 Å². The van der Waals surface area contributed by atoms with Crippen LogP contribution in [0.3, 0.4) is 0 Å². The van der Waals surface area contributed by atoms with Crippen molar-refractivity contribution in [3.8, 4) is 0 Å². The molecule has 4 heteroatoms. The van der Waals surface area contributed by atoms with Gasteiger partial charge in [0.15, 0.2) is 0 Å². The quantitative estimate of drug-likeness (QED) is 0.347. The molecule has 0 aliphatic rings. The minimum Gasteiger partial charge on any atom is -0.0120 e. The van der Waals surface area contributed by atoms with Gasteiger partial charge in [0.2, 0.25) is 0 Å². The molecular weight excluding hydrogens is 112 g/mol. The van der Waals surface area contributed by atoms with Gasteiger partial charge in [-0.25, -0.2) is 0 Å². The van der Waals surface area contributed by atoms with Crippen LogP contribution in [0.2, 0.25) is 0 Å². The minimum absolute atomic E-state index is 1.86. The van der Waals surface area contributed by atoms with Crippen LogP contribution in [0.25, 0.3) is 0 Å². The molecule has 0 amide bonds. The summed E-state index contributed by atoms with van der Waals surface area (Å²) in [5.41, 5.74) is 0. The zero-order valence-electron chi connectivity index (χ0n) is 10.2. The van der Waals surface area contributed by atoms with Gasteiger partial charge in [-0.15, -0.1) is 0 Å². The van der Waals surface area contributed by atoms with Gasteiger partial charge in [0.1, 0.15) is 0 Å². The van der Waals surface area contributed by atoms with Crippen molar-refractivity contribution >= 4 is 36.1 Å². The summed E-state index contributed by atoms with van der Waals surface area (Å²) in [7, 11) is -14.0. The molecule has 0 aromatic carbocycles. The Hall–Kier alpha value is 0.868. The number of rotatable bonds is 3. The lowest BCUT2D eigenvalue weighted by Gasteiger charge is -1.63. The molecule has 0 heterocycles. The Morgan fingerprint density at radius 1 is 2.00 bits per heavy atom. The van der Waals surface area contributed by atoms with Crippen LogP contribution in [0.5, 0.6) is 0 Å². The average Bonchev–Trinajstić information content (AvgIpc) is 1.85. The third kappa shape index (κ3) is 2.87. The van der Waals surface area contributed by atoms with Gasteiger partial charge in [-0.3, -0.25) is 0 Å². The van der Waals surface area contributed by atoms with Gasteiger partial charge in [0, 0.05) is 9.88 Å². The Morgan fingerprint density at radius 3 is 3.25 bits per heavy atom. The number of hydrogen-bond donors (Lipinski definition) is 0. The molecule has 0 unspecified atom stereocenters.